The van der Waals surface area contributed by atoms with Crippen LogP contribution in [0.3, 0.4) is 0 Å². The Hall–Kier alpha value is -2.85. The number of amides is 2. The third-order valence-corrected chi connectivity index (χ3v) is 2.59. The maximum absolute atomic E-state index is 11.7. The highest BCUT2D eigenvalue weighted by Gasteiger charge is 2.27. The lowest BCUT2D eigenvalue weighted by Gasteiger charge is -2.18. The van der Waals surface area contributed by atoms with Gasteiger partial charge in [0, 0.05) is 6.42 Å². The van der Waals surface area contributed by atoms with E-state index in [2.05, 4.69) is 0 Å². The molecule has 0 aromatic carbocycles. The van der Waals surface area contributed by atoms with Crippen molar-refractivity contribution in [2.75, 3.05) is 0 Å². The van der Waals surface area contributed by atoms with E-state index in [1.165, 1.54) is 0 Å². The minimum Gasteiger partial charge on any atom is -0.481 e. The topological polar surface area (TPSA) is 179 Å². The molecule has 0 aliphatic rings. The smallest absolute Gasteiger partial charge is 0.326 e. The molecule has 0 heterocycles. The third-order valence-electron chi connectivity index (χ3n) is 2.59. The van der Waals surface area contributed by atoms with Gasteiger partial charge in [-0.05, 0) is 20.3 Å². The highest BCUT2D eigenvalue weighted by atomic mass is 16.5. The summed E-state index contributed by atoms with van der Waals surface area (Å²) >= 11 is 0. The number of hydrogen-bond donors (Lipinski definition) is 5. The summed E-state index contributed by atoms with van der Waals surface area (Å²) in [4.78, 5) is 55.5. The van der Waals surface area contributed by atoms with Crippen molar-refractivity contribution in [3.63, 3.8) is 0 Å². The van der Waals surface area contributed by atoms with E-state index in [1.54, 1.807) is 13.8 Å². The monoisotopic (exact) mass is 348 g/mol. The second-order valence-corrected chi connectivity index (χ2v) is 5.07. The van der Waals surface area contributed by atoms with Gasteiger partial charge in [0.05, 0.1) is 12.5 Å². The molecular formula is C13H20N2O9. The Morgan fingerprint density at radius 1 is 0.917 bits per heavy atom. The molecule has 0 aromatic heterocycles. The van der Waals surface area contributed by atoms with Crippen LogP contribution >= 0.6 is 0 Å². The van der Waals surface area contributed by atoms with Crippen LogP contribution in [0.1, 0.15) is 33.1 Å². The number of aliphatic carboxylic acids is 3. The maximum Gasteiger partial charge on any atom is 0.326 e. The fourth-order valence-electron chi connectivity index (χ4n) is 1.56. The lowest BCUT2D eigenvalue weighted by atomic mass is 10.1. The van der Waals surface area contributed by atoms with Crippen LogP contribution in [0, 0.1) is 0 Å². The summed E-state index contributed by atoms with van der Waals surface area (Å²) in [7, 11) is 0. The van der Waals surface area contributed by atoms with Crippen LogP contribution in [0.25, 0.3) is 0 Å². The van der Waals surface area contributed by atoms with Gasteiger partial charge in [0.25, 0.3) is 0 Å². The molecule has 0 saturated carbocycles. The average Bonchev–Trinajstić information content (AvgIpc) is 2.40. The summed E-state index contributed by atoms with van der Waals surface area (Å²) in [6, 6.07) is -4.29. The molecule has 5 N–H and O–H groups in total. The number of urea groups is 1. The zero-order chi connectivity index (χ0) is 18.9. The van der Waals surface area contributed by atoms with E-state index >= 15 is 0 Å². The van der Waals surface area contributed by atoms with Gasteiger partial charge in [0.15, 0.2) is 0 Å². The molecule has 0 rings (SSSR count). The Morgan fingerprint density at radius 3 is 1.83 bits per heavy atom. The van der Waals surface area contributed by atoms with Crippen molar-refractivity contribution in [2.45, 2.75) is 51.3 Å². The van der Waals surface area contributed by atoms with E-state index in [-0.39, 0.29) is 6.42 Å². The van der Waals surface area contributed by atoms with Gasteiger partial charge < -0.3 is 30.7 Å². The average molecular weight is 348 g/mol. The molecular weight excluding hydrogens is 328 g/mol. The summed E-state index contributed by atoms with van der Waals surface area (Å²) in [5, 5.41) is 30.3. The van der Waals surface area contributed by atoms with E-state index in [9.17, 15) is 24.0 Å². The predicted molar refractivity (Wildman–Crippen MR) is 77.2 cm³/mol. The van der Waals surface area contributed by atoms with E-state index in [0.29, 0.717) is 0 Å². The molecule has 2 atom stereocenters. The first-order chi connectivity index (χ1) is 11.0. The van der Waals surface area contributed by atoms with Gasteiger partial charge in [0.2, 0.25) is 0 Å². The van der Waals surface area contributed by atoms with E-state index < -0.39 is 60.9 Å². The fraction of sp³-hybridized carbons (Fsp3) is 0.615. The third kappa shape index (κ3) is 9.23. The predicted octanol–water partition coefficient (Wildman–Crippen LogP) is -0.601. The molecule has 11 heteroatoms. The standard InChI is InChI=1S/C13H20N2O9/c1-6(2)24-10(18)5-8(12(21)22)15-13(23)14-7(11(19)20)3-4-9(16)17/h6-8H,3-5H2,1-2H3,(H,16,17)(H,19,20)(H,21,22)(H2,14,15,23). The minimum absolute atomic E-state index is 0.384. The number of nitrogens with one attached hydrogen (secondary N) is 2. The molecule has 2 amide bonds. The summed E-state index contributed by atoms with van der Waals surface area (Å²) in [5.41, 5.74) is 0. The Bertz CT molecular complexity index is 504. The molecule has 136 valence electrons. The van der Waals surface area contributed by atoms with Gasteiger partial charge in [0.1, 0.15) is 12.1 Å². The van der Waals surface area contributed by atoms with Crippen molar-refractivity contribution in [3.8, 4) is 0 Å². The van der Waals surface area contributed by atoms with Crippen molar-refractivity contribution in [3.05, 3.63) is 0 Å². The number of carboxylic acid groups (broad SMARTS) is 3. The Kier molecular flexibility index (Phi) is 8.83. The van der Waals surface area contributed by atoms with Crippen LogP contribution in [0.2, 0.25) is 0 Å². The van der Waals surface area contributed by atoms with Crippen molar-refractivity contribution in [1.29, 1.82) is 0 Å². The van der Waals surface area contributed by atoms with Crippen LogP contribution in [-0.4, -0.2) is 63.4 Å². The van der Waals surface area contributed by atoms with Gasteiger partial charge >= 0.3 is 29.9 Å². The number of carboxylic acids is 3. The summed E-state index contributed by atoms with van der Waals surface area (Å²) in [6.07, 6.45) is -1.99. The summed E-state index contributed by atoms with van der Waals surface area (Å²) < 4.78 is 4.76. The van der Waals surface area contributed by atoms with Gasteiger partial charge in [-0.1, -0.05) is 0 Å². The first kappa shape index (κ1) is 21.1. The van der Waals surface area contributed by atoms with E-state index in [0.717, 1.165) is 0 Å². The van der Waals surface area contributed by atoms with Crippen molar-refractivity contribution < 1.29 is 44.0 Å². The summed E-state index contributed by atoms with van der Waals surface area (Å²) in [5.74, 6) is -5.08. The summed E-state index contributed by atoms with van der Waals surface area (Å²) in [6.45, 7) is 3.13. The Morgan fingerprint density at radius 2 is 1.42 bits per heavy atom. The van der Waals surface area contributed by atoms with Gasteiger partial charge in [-0.2, -0.15) is 0 Å². The first-order valence-corrected chi connectivity index (χ1v) is 6.96. The number of carbonyl (C=O) groups excluding carboxylic acids is 2. The minimum atomic E-state index is -1.62. The van der Waals surface area contributed by atoms with Crippen LogP contribution in [0.5, 0.6) is 0 Å². The second kappa shape index (κ2) is 10.0. The zero-order valence-corrected chi connectivity index (χ0v) is 13.1. The highest BCUT2D eigenvalue weighted by molar-refractivity contribution is 5.88. The number of hydrogen-bond acceptors (Lipinski definition) is 6. The lowest BCUT2D eigenvalue weighted by Crippen LogP contribution is -2.51. The molecule has 2 unspecified atom stereocenters. The molecule has 0 aromatic rings. The first-order valence-electron chi connectivity index (χ1n) is 6.96. The SMILES string of the molecule is CC(C)OC(=O)CC(NC(=O)NC(CCC(=O)O)C(=O)O)C(=O)O. The van der Waals surface area contributed by atoms with Crippen molar-refractivity contribution in [1.82, 2.24) is 10.6 Å². The fourth-order valence-corrected chi connectivity index (χ4v) is 1.56. The van der Waals surface area contributed by atoms with E-state index in [4.69, 9.17) is 20.1 Å². The van der Waals surface area contributed by atoms with Crippen molar-refractivity contribution >= 4 is 29.9 Å². The molecule has 0 fully saturated rings. The molecule has 0 saturated heterocycles. The number of esters is 1. The molecule has 0 aliphatic heterocycles. The van der Waals surface area contributed by atoms with Gasteiger partial charge in [-0.15, -0.1) is 0 Å². The molecule has 0 aliphatic carbocycles. The largest absolute Gasteiger partial charge is 0.481 e. The number of carbonyl (C=O) groups is 5. The van der Waals surface area contributed by atoms with E-state index in [1.807, 2.05) is 10.6 Å². The Balaban J connectivity index is 4.69. The molecule has 0 radical (unpaired) electrons. The molecule has 0 spiro atoms. The van der Waals surface area contributed by atoms with Crippen LogP contribution in [-0.2, 0) is 23.9 Å². The normalized spacial score (nSPS) is 12.8. The molecule has 24 heavy (non-hydrogen) atoms. The van der Waals surface area contributed by atoms with Crippen LogP contribution in [0.4, 0.5) is 4.79 Å². The molecule has 11 nitrogen and oxygen atoms in total. The zero-order valence-electron chi connectivity index (χ0n) is 13.1. The van der Waals surface area contributed by atoms with Crippen LogP contribution < -0.4 is 10.6 Å². The number of ether oxygens (including phenoxy) is 1. The van der Waals surface area contributed by atoms with Gasteiger partial charge in [-0.3, -0.25) is 9.59 Å². The number of rotatable bonds is 10. The van der Waals surface area contributed by atoms with Crippen molar-refractivity contribution in [2.24, 2.45) is 0 Å². The maximum atomic E-state index is 11.7. The lowest BCUT2D eigenvalue weighted by molar-refractivity contribution is -0.152. The Labute approximate surface area is 137 Å². The van der Waals surface area contributed by atoms with Gasteiger partial charge in [-0.25, -0.2) is 14.4 Å². The van der Waals surface area contributed by atoms with Crippen LogP contribution in [0.15, 0.2) is 0 Å². The second-order valence-electron chi connectivity index (χ2n) is 5.07. The quantitative estimate of drug-likeness (QED) is 0.322. The molecule has 0 bridgehead atoms. The highest BCUT2D eigenvalue weighted by Crippen LogP contribution is 2.01.